The summed E-state index contributed by atoms with van der Waals surface area (Å²) in [6, 6.07) is 6.54. The lowest BCUT2D eigenvalue weighted by Crippen LogP contribution is -2.14. The lowest BCUT2D eigenvalue weighted by molar-refractivity contribution is -0.146. The van der Waals surface area contributed by atoms with E-state index < -0.39 is 18.0 Å². The zero-order valence-electron chi connectivity index (χ0n) is 9.35. The number of carboxylic acid groups (broad SMARTS) is 1. The van der Waals surface area contributed by atoms with Crippen molar-refractivity contribution in [2.75, 3.05) is 5.33 Å². The number of carbonyl (C=O) groups is 2. The summed E-state index contributed by atoms with van der Waals surface area (Å²) in [5.74, 6) is -1.43. The number of aromatic carboxylic acids is 1. The third-order valence-electron chi connectivity index (χ3n) is 2.29. The average Bonchev–Trinajstić information content (AvgIpc) is 2.35. The van der Waals surface area contributed by atoms with E-state index in [2.05, 4.69) is 15.9 Å². The van der Waals surface area contributed by atoms with E-state index in [0.717, 1.165) is 0 Å². The van der Waals surface area contributed by atoms with Crippen molar-refractivity contribution in [2.45, 2.75) is 19.4 Å². The highest BCUT2D eigenvalue weighted by Gasteiger charge is 2.20. The summed E-state index contributed by atoms with van der Waals surface area (Å²) in [5, 5.41) is 9.15. The van der Waals surface area contributed by atoms with Gasteiger partial charge < -0.3 is 9.84 Å². The predicted octanol–water partition coefficient (Wildman–Crippen LogP) is 2.77. The van der Waals surface area contributed by atoms with Crippen molar-refractivity contribution in [3.05, 3.63) is 35.4 Å². The van der Waals surface area contributed by atoms with Crippen LogP contribution in [0.25, 0.3) is 0 Å². The lowest BCUT2D eigenvalue weighted by Gasteiger charge is -2.17. The Morgan fingerprint density at radius 3 is 2.59 bits per heavy atom. The van der Waals surface area contributed by atoms with Crippen LogP contribution in [0, 0.1) is 0 Å². The van der Waals surface area contributed by atoms with E-state index in [4.69, 9.17) is 9.84 Å². The van der Waals surface area contributed by atoms with Gasteiger partial charge in [-0.2, -0.15) is 0 Å². The van der Waals surface area contributed by atoms with Crippen LogP contribution in [0.5, 0.6) is 0 Å². The molecule has 1 atom stereocenters. The van der Waals surface area contributed by atoms with Gasteiger partial charge in [0.05, 0.1) is 5.56 Å². The van der Waals surface area contributed by atoms with Crippen molar-refractivity contribution in [3.8, 4) is 0 Å². The Morgan fingerprint density at radius 2 is 2.06 bits per heavy atom. The van der Waals surface area contributed by atoms with Gasteiger partial charge in [0.1, 0.15) is 11.4 Å². The number of alkyl halides is 1. The molecule has 5 heteroatoms. The number of halogens is 1. The molecule has 0 amide bonds. The van der Waals surface area contributed by atoms with Gasteiger partial charge in [-0.3, -0.25) is 4.79 Å². The maximum absolute atomic E-state index is 11.2. The monoisotopic (exact) mass is 300 g/mol. The fraction of sp³-hybridized carbons (Fsp3) is 0.333. The number of rotatable bonds is 5. The van der Waals surface area contributed by atoms with Gasteiger partial charge in [0, 0.05) is 5.56 Å². The van der Waals surface area contributed by atoms with Crippen LogP contribution in [0.15, 0.2) is 24.3 Å². The van der Waals surface area contributed by atoms with Crippen molar-refractivity contribution in [2.24, 2.45) is 0 Å². The maximum atomic E-state index is 11.2. The average molecular weight is 301 g/mol. The van der Waals surface area contributed by atoms with E-state index in [0.29, 0.717) is 12.0 Å². The topological polar surface area (TPSA) is 63.6 Å². The van der Waals surface area contributed by atoms with Crippen LogP contribution >= 0.6 is 15.9 Å². The highest BCUT2D eigenvalue weighted by molar-refractivity contribution is 9.09. The van der Waals surface area contributed by atoms with E-state index in [1.54, 1.807) is 18.2 Å². The molecule has 0 fully saturated rings. The Bertz CT molecular complexity index is 417. The standard InChI is InChI=1S/C12H13BrO4/c1-2-10(17-11(14)7-13)8-5-3-4-6-9(8)12(15)16/h3-6,10H,2,7H2,1H3,(H,15,16). The number of esters is 1. The molecule has 17 heavy (non-hydrogen) atoms. The van der Waals surface area contributed by atoms with Crippen molar-refractivity contribution in [1.29, 1.82) is 0 Å². The van der Waals surface area contributed by atoms with E-state index in [9.17, 15) is 9.59 Å². The summed E-state index contributed by atoms with van der Waals surface area (Å²) in [4.78, 5) is 22.3. The predicted molar refractivity (Wildman–Crippen MR) is 66.3 cm³/mol. The molecule has 0 bridgehead atoms. The van der Waals surface area contributed by atoms with Gasteiger partial charge in [-0.1, -0.05) is 41.1 Å². The molecular weight excluding hydrogens is 288 g/mol. The minimum atomic E-state index is -1.02. The third kappa shape index (κ3) is 3.56. The summed E-state index contributed by atoms with van der Waals surface area (Å²) in [7, 11) is 0. The molecule has 4 nitrogen and oxygen atoms in total. The highest BCUT2D eigenvalue weighted by atomic mass is 79.9. The summed E-state index contributed by atoms with van der Waals surface area (Å²) >= 11 is 3.00. The molecule has 1 N–H and O–H groups in total. The number of carboxylic acids is 1. The number of hydrogen-bond acceptors (Lipinski definition) is 3. The molecule has 1 aromatic carbocycles. The first-order valence-corrected chi connectivity index (χ1v) is 6.30. The van der Waals surface area contributed by atoms with Crippen LogP contribution in [-0.2, 0) is 9.53 Å². The molecule has 0 saturated carbocycles. The Morgan fingerprint density at radius 1 is 1.41 bits per heavy atom. The smallest absolute Gasteiger partial charge is 0.336 e. The van der Waals surface area contributed by atoms with Gasteiger partial charge in [-0.05, 0) is 12.5 Å². The van der Waals surface area contributed by atoms with Gasteiger partial charge in [-0.15, -0.1) is 0 Å². The van der Waals surface area contributed by atoms with Gasteiger partial charge in [0.15, 0.2) is 0 Å². The Balaban J connectivity index is 3.03. The van der Waals surface area contributed by atoms with Crippen LogP contribution < -0.4 is 0 Å². The lowest BCUT2D eigenvalue weighted by atomic mass is 10.0. The quantitative estimate of drug-likeness (QED) is 0.671. The van der Waals surface area contributed by atoms with Crippen molar-refractivity contribution >= 4 is 27.9 Å². The normalized spacial score (nSPS) is 11.9. The van der Waals surface area contributed by atoms with Gasteiger partial charge in [-0.25, -0.2) is 4.79 Å². The number of benzene rings is 1. The molecule has 0 aromatic heterocycles. The molecule has 0 saturated heterocycles. The van der Waals surface area contributed by atoms with Gasteiger partial charge in [0.2, 0.25) is 0 Å². The zero-order chi connectivity index (χ0) is 12.8. The van der Waals surface area contributed by atoms with E-state index >= 15 is 0 Å². The molecule has 1 rings (SSSR count). The second-order valence-corrected chi connectivity index (χ2v) is 3.97. The fourth-order valence-electron chi connectivity index (χ4n) is 1.53. The molecule has 1 unspecified atom stereocenters. The number of ether oxygens (including phenoxy) is 1. The van der Waals surface area contributed by atoms with E-state index in [1.807, 2.05) is 6.92 Å². The Kier molecular flexibility index (Phi) is 5.15. The third-order valence-corrected chi connectivity index (χ3v) is 2.75. The summed E-state index contributed by atoms with van der Waals surface area (Å²) in [5.41, 5.74) is 0.693. The minimum absolute atomic E-state index is 0.0960. The number of hydrogen-bond donors (Lipinski definition) is 1. The van der Waals surface area contributed by atoms with E-state index in [-0.39, 0.29) is 10.9 Å². The Hall–Kier alpha value is -1.36. The SMILES string of the molecule is CCC(OC(=O)CBr)c1ccccc1C(=O)O. The summed E-state index contributed by atoms with van der Waals surface area (Å²) < 4.78 is 5.18. The molecule has 92 valence electrons. The molecular formula is C12H13BrO4. The van der Waals surface area contributed by atoms with Crippen LogP contribution in [-0.4, -0.2) is 22.4 Å². The molecule has 0 radical (unpaired) electrons. The molecule has 0 heterocycles. The molecule has 1 aromatic rings. The molecule has 0 aliphatic heterocycles. The van der Waals surface area contributed by atoms with Crippen molar-refractivity contribution < 1.29 is 19.4 Å². The first-order valence-electron chi connectivity index (χ1n) is 5.17. The minimum Gasteiger partial charge on any atom is -0.478 e. The van der Waals surface area contributed by atoms with Crippen LogP contribution in [0.4, 0.5) is 0 Å². The molecule has 0 spiro atoms. The van der Waals surface area contributed by atoms with Crippen molar-refractivity contribution in [3.63, 3.8) is 0 Å². The second-order valence-electron chi connectivity index (χ2n) is 3.41. The second kappa shape index (κ2) is 6.39. The molecule has 0 aliphatic rings. The van der Waals surface area contributed by atoms with Gasteiger partial charge >= 0.3 is 11.9 Å². The fourth-order valence-corrected chi connectivity index (χ4v) is 1.66. The van der Waals surface area contributed by atoms with Crippen molar-refractivity contribution in [1.82, 2.24) is 0 Å². The first-order chi connectivity index (χ1) is 8.10. The molecule has 0 aliphatic carbocycles. The van der Waals surface area contributed by atoms with Crippen LogP contribution in [0.2, 0.25) is 0 Å². The maximum Gasteiger partial charge on any atom is 0.336 e. The highest BCUT2D eigenvalue weighted by Crippen LogP contribution is 2.25. The van der Waals surface area contributed by atoms with Crippen LogP contribution in [0.3, 0.4) is 0 Å². The van der Waals surface area contributed by atoms with Crippen LogP contribution in [0.1, 0.15) is 35.4 Å². The number of carbonyl (C=O) groups excluding carboxylic acids is 1. The first kappa shape index (κ1) is 13.7. The summed E-state index contributed by atoms with van der Waals surface area (Å²) in [6.07, 6.45) is 0.00981. The van der Waals surface area contributed by atoms with E-state index in [1.165, 1.54) is 6.07 Å². The largest absolute Gasteiger partial charge is 0.478 e. The van der Waals surface area contributed by atoms with Gasteiger partial charge in [0.25, 0.3) is 0 Å². The summed E-state index contributed by atoms with van der Waals surface area (Å²) in [6.45, 7) is 1.84. The zero-order valence-corrected chi connectivity index (χ0v) is 10.9. The Labute approximate surface area is 108 Å².